The van der Waals surface area contributed by atoms with Crippen LogP contribution in [0.2, 0.25) is 0 Å². The van der Waals surface area contributed by atoms with Gasteiger partial charge in [0.05, 0.1) is 17.8 Å². The predicted molar refractivity (Wildman–Crippen MR) is 162 cm³/mol. The zero-order chi connectivity index (χ0) is 29.3. The first-order valence-corrected chi connectivity index (χ1v) is 16.0. The van der Waals surface area contributed by atoms with Gasteiger partial charge in [0.15, 0.2) is 0 Å². The molecule has 2 unspecified atom stereocenters. The molecule has 2 N–H and O–H groups in total. The second-order valence-corrected chi connectivity index (χ2v) is 13.3. The predicted octanol–water partition coefficient (Wildman–Crippen LogP) is 4.50. The third kappa shape index (κ3) is 4.68. The van der Waals surface area contributed by atoms with E-state index in [1.807, 2.05) is 6.92 Å². The Morgan fingerprint density at radius 3 is 2.74 bits per heavy atom. The molecule has 5 aliphatic heterocycles. The number of ether oxygens (including phenoxy) is 1. The largest absolute Gasteiger partial charge is 0.508 e. The average molecular weight is 591 g/mol. The van der Waals surface area contributed by atoms with Gasteiger partial charge >= 0.3 is 6.01 Å². The molecule has 0 radical (unpaired) electrons. The van der Waals surface area contributed by atoms with Gasteiger partial charge in [-0.2, -0.15) is 9.97 Å². The zero-order valence-electron chi connectivity index (χ0n) is 24.8. The van der Waals surface area contributed by atoms with Gasteiger partial charge in [-0.3, -0.25) is 4.90 Å². The van der Waals surface area contributed by atoms with Crippen molar-refractivity contribution in [3.63, 3.8) is 0 Å². The SMILES string of the molecule is CCc1c(F)ccc2cc(O)cc(N3CCc4c(nc(OC[C@@]56CCCN5C[C@H](F)C6)nc4N4CC5CCC(C4)N5)C3)c12. The Balaban J connectivity index is 1.16. The Morgan fingerprint density at radius 1 is 1.09 bits per heavy atom. The molecule has 4 atom stereocenters. The summed E-state index contributed by atoms with van der Waals surface area (Å²) in [6.45, 7) is 6.76. The summed E-state index contributed by atoms with van der Waals surface area (Å²) in [6.07, 6.45) is 5.32. The van der Waals surface area contributed by atoms with Crippen LogP contribution in [-0.4, -0.2) is 83.1 Å². The van der Waals surface area contributed by atoms with Crippen LogP contribution in [0.25, 0.3) is 10.8 Å². The molecular weight excluding hydrogens is 550 g/mol. The molecule has 8 rings (SSSR count). The highest BCUT2D eigenvalue weighted by Crippen LogP contribution is 2.42. The van der Waals surface area contributed by atoms with E-state index in [2.05, 4.69) is 20.0 Å². The van der Waals surface area contributed by atoms with Gasteiger partial charge in [0.1, 0.15) is 30.2 Å². The summed E-state index contributed by atoms with van der Waals surface area (Å²) >= 11 is 0. The summed E-state index contributed by atoms with van der Waals surface area (Å²) in [5.41, 5.74) is 3.24. The molecule has 4 saturated heterocycles. The molecule has 5 aliphatic rings. The number of alkyl halides is 1. The fraction of sp³-hybridized carbons (Fsp3) is 0.576. The molecule has 6 heterocycles. The molecule has 4 fully saturated rings. The van der Waals surface area contributed by atoms with Crippen molar-refractivity contribution in [3.8, 4) is 11.8 Å². The van der Waals surface area contributed by atoms with Crippen LogP contribution in [0.1, 0.15) is 55.8 Å². The van der Waals surface area contributed by atoms with Crippen molar-refractivity contribution in [1.82, 2.24) is 20.2 Å². The molecule has 10 heteroatoms. The van der Waals surface area contributed by atoms with E-state index in [9.17, 15) is 13.9 Å². The van der Waals surface area contributed by atoms with Gasteiger partial charge < -0.3 is 25.0 Å². The number of fused-ring (bicyclic) bond motifs is 5. The van der Waals surface area contributed by atoms with Gasteiger partial charge in [0.2, 0.25) is 0 Å². The average Bonchev–Trinajstić information content (AvgIpc) is 3.65. The van der Waals surface area contributed by atoms with E-state index in [0.29, 0.717) is 62.7 Å². The van der Waals surface area contributed by atoms with E-state index in [1.54, 1.807) is 18.2 Å². The third-order valence-corrected chi connectivity index (χ3v) is 10.6. The summed E-state index contributed by atoms with van der Waals surface area (Å²) in [6, 6.07) is 7.96. The van der Waals surface area contributed by atoms with E-state index >= 15 is 0 Å². The van der Waals surface area contributed by atoms with E-state index in [4.69, 9.17) is 14.7 Å². The third-order valence-electron chi connectivity index (χ3n) is 10.6. The molecule has 3 aromatic rings. The van der Waals surface area contributed by atoms with E-state index in [1.165, 1.54) is 18.9 Å². The summed E-state index contributed by atoms with van der Waals surface area (Å²) in [5, 5.41) is 16.0. The fourth-order valence-corrected chi connectivity index (χ4v) is 8.61. The van der Waals surface area contributed by atoms with Gasteiger partial charge in [-0.05, 0) is 68.2 Å². The minimum atomic E-state index is -0.816. The molecule has 2 aromatic carbocycles. The summed E-state index contributed by atoms with van der Waals surface area (Å²) in [4.78, 5) is 16.9. The van der Waals surface area contributed by atoms with Gasteiger partial charge in [-0.1, -0.05) is 13.0 Å². The highest BCUT2D eigenvalue weighted by Gasteiger charge is 2.49. The number of halogens is 2. The first kappa shape index (κ1) is 27.3. The van der Waals surface area contributed by atoms with E-state index in [-0.39, 0.29) is 17.1 Å². The standard InChI is InChI=1S/C33H40F2N6O2/c1-2-25-27(35)7-4-20-12-24(42)13-29(30(20)25)39-11-8-26-28(18-39)37-32(38-31(26)40-16-22-5-6-23(17-40)36-22)43-19-33-9-3-10-41(33)15-21(34)14-33/h4,7,12-13,21-23,36,42H,2-3,5-6,8-11,14-19H2,1H3/t21-,22?,23?,33+/m1/s1. The molecule has 1 aromatic heterocycles. The van der Waals surface area contributed by atoms with E-state index < -0.39 is 6.17 Å². The highest BCUT2D eigenvalue weighted by molar-refractivity contribution is 5.98. The Hall–Kier alpha value is -3.24. The molecule has 43 heavy (non-hydrogen) atoms. The van der Waals surface area contributed by atoms with Crippen LogP contribution in [0, 0.1) is 5.82 Å². The van der Waals surface area contributed by atoms with Crippen LogP contribution >= 0.6 is 0 Å². The number of nitrogens with zero attached hydrogens (tertiary/aromatic N) is 5. The van der Waals surface area contributed by atoms with Crippen molar-refractivity contribution in [2.75, 3.05) is 49.1 Å². The number of phenolic OH excluding ortho intramolecular Hbond substituents is 1. The molecule has 2 bridgehead atoms. The van der Waals surface area contributed by atoms with Crippen LogP contribution in [0.4, 0.5) is 20.3 Å². The van der Waals surface area contributed by atoms with E-state index in [0.717, 1.165) is 72.4 Å². The minimum Gasteiger partial charge on any atom is -0.508 e. The number of phenols is 1. The molecule has 0 spiro atoms. The van der Waals surface area contributed by atoms with Crippen molar-refractivity contribution in [3.05, 3.63) is 46.9 Å². The Kier molecular flexibility index (Phi) is 6.63. The molecule has 8 nitrogen and oxygen atoms in total. The summed E-state index contributed by atoms with van der Waals surface area (Å²) < 4.78 is 35.8. The van der Waals surface area contributed by atoms with Crippen LogP contribution in [-0.2, 0) is 19.4 Å². The lowest BCUT2D eigenvalue weighted by Gasteiger charge is -2.38. The topological polar surface area (TPSA) is 77.0 Å². The van der Waals surface area contributed by atoms with Crippen molar-refractivity contribution < 1.29 is 18.6 Å². The number of rotatable bonds is 6. The van der Waals surface area contributed by atoms with Crippen molar-refractivity contribution in [2.24, 2.45) is 0 Å². The van der Waals surface area contributed by atoms with Crippen molar-refractivity contribution in [2.45, 2.75) is 82.2 Å². The Labute approximate surface area is 251 Å². The lowest BCUT2D eigenvalue weighted by molar-refractivity contribution is 0.107. The number of hydrogen-bond acceptors (Lipinski definition) is 8. The number of nitrogens with one attached hydrogen (secondary N) is 1. The molecule has 228 valence electrons. The summed E-state index contributed by atoms with van der Waals surface area (Å²) in [5.74, 6) is 0.888. The van der Waals surface area contributed by atoms with Crippen LogP contribution in [0.3, 0.4) is 0 Å². The van der Waals surface area contributed by atoms with Crippen LogP contribution < -0.4 is 19.9 Å². The maximum absolute atomic E-state index is 15.0. The smallest absolute Gasteiger partial charge is 0.318 e. The number of aromatic nitrogens is 2. The van der Waals surface area contributed by atoms with Gasteiger partial charge in [-0.15, -0.1) is 0 Å². The highest BCUT2D eigenvalue weighted by atomic mass is 19.1. The lowest BCUT2D eigenvalue weighted by Crippen LogP contribution is -2.52. The second-order valence-electron chi connectivity index (χ2n) is 13.3. The maximum Gasteiger partial charge on any atom is 0.318 e. The number of anilines is 2. The van der Waals surface area contributed by atoms with Crippen LogP contribution in [0.5, 0.6) is 11.8 Å². The molecule has 0 aliphatic carbocycles. The number of aryl methyl sites for hydroxylation is 1. The van der Waals surface area contributed by atoms with Gasteiger partial charge in [0, 0.05) is 67.4 Å². The molecule has 0 saturated carbocycles. The van der Waals surface area contributed by atoms with Gasteiger partial charge in [0.25, 0.3) is 0 Å². The second kappa shape index (κ2) is 10.4. The first-order valence-electron chi connectivity index (χ1n) is 16.0. The lowest BCUT2D eigenvalue weighted by atomic mass is 9.95. The maximum atomic E-state index is 15.0. The Morgan fingerprint density at radius 2 is 1.93 bits per heavy atom. The minimum absolute atomic E-state index is 0.161. The van der Waals surface area contributed by atoms with Gasteiger partial charge in [-0.25, -0.2) is 8.78 Å². The molecular formula is C33H40F2N6O2. The fourth-order valence-electron chi connectivity index (χ4n) is 8.61. The number of benzene rings is 2. The number of hydrogen-bond donors (Lipinski definition) is 2. The quantitative estimate of drug-likeness (QED) is 0.435. The van der Waals surface area contributed by atoms with Crippen molar-refractivity contribution >= 4 is 22.3 Å². The normalized spacial score (nSPS) is 28.5. The summed E-state index contributed by atoms with van der Waals surface area (Å²) in [7, 11) is 0. The zero-order valence-corrected chi connectivity index (χ0v) is 24.8. The Bertz CT molecular complexity index is 1560. The molecule has 0 amide bonds. The van der Waals surface area contributed by atoms with Crippen LogP contribution in [0.15, 0.2) is 24.3 Å². The first-order chi connectivity index (χ1) is 20.9. The monoisotopic (exact) mass is 590 g/mol. The van der Waals surface area contributed by atoms with Crippen molar-refractivity contribution in [1.29, 1.82) is 0 Å². The number of piperazine rings is 1. The number of aromatic hydroxyl groups is 1.